The molecule has 1 heterocycles. The molecule has 0 aliphatic carbocycles. The highest BCUT2D eigenvalue weighted by atomic mass is 16.5. The summed E-state index contributed by atoms with van der Waals surface area (Å²) in [7, 11) is 0. The van der Waals surface area contributed by atoms with E-state index in [1.807, 2.05) is 30.3 Å². The summed E-state index contributed by atoms with van der Waals surface area (Å²) in [5.41, 5.74) is 6.40. The number of nitrogens with zero attached hydrogens (tertiary/aromatic N) is 3. The van der Waals surface area contributed by atoms with E-state index in [4.69, 9.17) is 10.5 Å². The Hall–Kier alpha value is -3.49. The lowest BCUT2D eigenvalue weighted by molar-refractivity contribution is -0.141. The molecule has 0 radical (unpaired) electrons. The highest BCUT2D eigenvalue weighted by Gasteiger charge is 2.07. The summed E-state index contributed by atoms with van der Waals surface area (Å²) in [5, 5.41) is 2.97. The largest absolute Gasteiger partial charge is 0.463 e. The fourth-order valence-electron chi connectivity index (χ4n) is 1.72. The van der Waals surface area contributed by atoms with Gasteiger partial charge in [0.05, 0.1) is 6.61 Å². The maximum atomic E-state index is 11.6. The molecule has 0 unspecified atom stereocenters. The maximum absolute atomic E-state index is 11.6. The smallest absolute Gasteiger partial charge is 0.331 e. The Morgan fingerprint density at radius 3 is 2.44 bits per heavy atom. The van der Waals surface area contributed by atoms with Crippen LogP contribution >= 0.6 is 0 Å². The van der Waals surface area contributed by atoms with Gasteiger partial charge in [-0.1, -0.05) is 18.2 Å². The third-order valence-electron chi connectivity index (χ3n) is 2.71. The van der Waals surface area contributed by atoms with Gasteiger partial charge in [0.1, 0.15) is 0 Å². The maximum Gasteiger partial charge on any atom is 0.331 e. The first kappa shape index (κ1) is 17.9. The first-order valence-corrected chi connectivity index (χ1v) is 7.41. The van der Waals surface area contributed by atoms with Crippen LogP contribution in [0.4, 0.5) is 17.6 Å². The van der Waals surface area contributed by atoms with Crippen LogP contribution in [0.5, 0.6) is 0 Å². The number of hydrogen-bond acceptors (Lipinski definition) is 9. The molecule has 0 spiro atoms. The second-order valence-electron chi connectivity index (χ2n) is 4.62. The normalized spacial score (nSPS) is 10.4. The van der Waals surface area contributed by atoms with Crippen molar-refractivity contribution in [3.05, 3.63) is 48.3 Å². The Balaban J connectivity index is 1.96. The molecule has 25 heavy (non-hydrogen) atoms. The van der Waals surface area contributed by atoms with Gasteiger partial charge in [0.15, 0.2) is 12.4 Å². The third kappa shape index (κ3) is 6.26. The Kier molecular flexibility index (Phi) is 6.40. The van der Waals surface area contributed by atoms with E-state index in [9.17, 15) is 9.59 Å². The van der Waals surface area contributed by atoms with Crippen LogP contribution in [0.1, 0.15) is 12.7 Å². The van der Waals surface area contributed by atoms with Gasteiger partial charge in [-0.15, -0.1) is 0 Å². The molecule has 0 aliphatic rings. The predicted molar refractivity (Wildman–Crippen MR) is 89.5 cm³/mol. The number of esters is 2. The van der Waals surface area contributed by atoms with Crippen molar-refractivity contribution in [3.8, 4) is 0 Å². The van der Waals surface area contributed by atoms with Crippen molar-refractivity contribution in [3.63, 3.8) is 0 Å². The Morgan fingerprint density at radius 2 is 1.76 bits per heavy atom. The molecule has 1 aromatic carbocycles. The average Bonchev–Trinajstić information content (AvgIpc) is 2.59. The number of nitrogens with one attached hydrogen (secondary N) is 1. The number of nitrogen functional groups attached to an aromatic ring is 1. The Morgan fingerprint density at radius 1 is 1.08 bits per heavy atom. The number of hydrogen-bond donors (Lipinski definition) is 2. The zero-order valence-electron chi connectivity index (χ0n) is 13.5. The molecule has 0 aliphatic heterocycles. The van der Waals surface area contributed by atoms with Gasteiger partial charge in [-0.3, -0.25) is 0 Å². The van der Waals surface area contributed by atoms with Gasteiger partial charge in [-0.05, 0) is 19.1 Å². The number of nitrogens with two attached hydrogens (primary N) is 1. The predicted octanol–water partition coefficient (Wildman–Crippen LogP) is 1.36. The number of ether oxygens (including phenoxy) is 2. The molecule has 130 valence electrons. The zero-order chi connectivity index (χ0) is 18.1. The van der Waals surface area contributed by atoms with E-state index in [2.05, 4.69) is 25.0 Å². The van der Waals surface area contributed by atoms with Crippen molar-refractivity contribution in [2.45, 2.75) is 13.5 Å². The summed E-state index contributed by atoms with van der Waals surface area (Å²) < 4.78 is 9.60. The van der Waals surface area contributed by atoms with Crippen molar-refractivity contribution in [2.24, 2.45) is 0 Å². The molecule has 0 saturated heterocycles. The Bertz CT molecular complexity index is 764. The number of benzene rings is 1. The van der Waals surface area contributed by atoms with Crippen LogP contribution < -0.4 is 11.1 Å². The summed E-state index contributed by atoms with van der Waals surface area (Å²) in [6, 6.07) is 9.25. The van der Waals surface area contributed by atoms with Crippen molar-refractivity contribution in [1.82, 2.24) is 15.0 Å². The van der Waals surface area contributed by atoms with E-state index in [1.54, 1.807) is 6.92 Å². The molecule has 2 rings (SSSR count). The molecule has 0 saturated carbocycles. The van der Waals surface area contributed by atoms with Gasteiger partial charge < -0.3 is 20.5 Å². The van der Waals surface area contributed by atoms with Gasteiger partial charge in [0.2, 0.25) is 11.9 Å². The van der Waals surface area contributed by atoms with Crippen molar-refractivity contribution in [1.29, 1.82) is 0 Å². The second-order valence-corrected chi connectivity index (χ2v) is 4.62. The van der Waals surface area contributed by atoms with Crippen LogP contribution in [0, 0.1) is 0 Å². The van der Waals surface area contributed by atoms with E-state index < -0.39 is 11.9 Å². The lowest BCUT2D eigenvalue weighted by atomic mass is 10.3. The van der Waals surface area contributed by atoms with Crippen LogP contribution in [-0.4, -0.2) is 33.5 Å². The van der Waals surface area contributed by atoms with E-state index in [0.717, 1.165) is 17.8 Å². The number of rotatable bonds is 7. The summed E-state index contributed by atoms with van der Waals surface area (Å²) in [5.74, 6) is -0.972. The van der Waals surface area contributed by atoms with Gasteiger partial charge in [-0.2, -0.15) is 15.0 Å². The molecule has 9 heteroatoms. The lowest BCUT2D eigenvalue weighted by Crippen LogP contribution is -2.10. The minimum absolute atomic E-state index is 0.0125. The number of aromatic nitrogens is 3. The topological polar surface area (TPSA) is 129 Å². The van der Waals surface area contributed by atoms with Gasteiger partial charge in [0.25, 0.3) is 0 Å². The van der Waals surface area contributed by atoms with E-state index in [-0.39, 0.29) is 30.9 Å². The monoisotopic (exact) mass is 343 g/mol. The van der Waals surface area contributed by atoms with Crippen LogP contribution in [0.2, 0.25) is 0 Å². The number of carbonyl (C=O) groups is 2. The molecule has 0 amide bonds. The average molecular weight is 343 g/mol. The standard InChI is InChI=1S/C16H17N5O4/c1-2-24-13(22)8-9-14(23)25-10-12-19-15(17)21-16(20-12)18-11-6-4-3-5-7-11/h3-9H,2,10H2,1H3,(H3,17,18,19,20,21)/b9-8+. The van der Waals surface area contributed by atoms with Crippen LogP contribution in [0.25, 0.3) is 0 Å². The fourth-order valence-corrected chi connectivity index (χ4v) is 1.72. The SMILES string of the molecule is CCOC(=O)/C=C/C(=O)OCc1nc(N)nc(Nc2ccccc2)n1. The number of anilines is 3. The van der Waals surface area contributed by atoms with E-state index in [1.165, 1.54) is 0 Å². The van der Waals surface area contributed by atoms with Gasteiger partial charge in [-0.25, -0.2) is 9.59 Å². The highest BCUT2D eigenvalue weighted by Crippen LogP contribution is 2.12. The molecule has 0 bridgehead atoms. The summed E-state index contributed by atoms with van der Waals surface area (Å²) >= 11 is 0. The minimum Gasteiger partial charge on any atom is -0.463 e. The van der Waals surface area contributed by atoms with Crippen LogP contribution in [0.15, 0.2) is 42.5 Å². The first-order chi connectivity index (χ1) is 12.1. The number of para-hydroxylation sites is 1. The Labute approximate surface area is 143 Å². The zero-order valence-corrected chi connectivity index (χ0v) is 13.5. The fraction of sp³-hybridized carbons (Fsp3) is 0.188. The molecule has 0 atom stereocenters. The second kappa shape index (κ2) is 8.96. The summed E-state index contributed by atoms with van der Waals surface area (Å²) in [4.78, 5) is 34.6. The van der Waals surface area contributed by atoms with Crippen LogP contribution in [0.3, 0.4) is 0 Å². The molecular weight excluding hydrogens is 326 g/mol. The van der Waals surface area contributed by atoms with Crippen molar-refractivity contribution in [2.75, 3.05) is 17.7 Å². The molecule has 3 N–H and O–H groups in total. The van der Waals surface area contributed by atoms with Gasteiger partial charge in [0, 0.05) is 17.8 Å². The lowest BCUT2D eigenvalue weighted by Gasteiger charge is -2.07. The summed E-state index contributed by atoms with van der Waals surface area (Å²) in [6.45, 7) is 1.66. The van der Waals surface area contributed by atoms with E-state index in [0.29, 0.717) is 0 Å². The quantitative estimate of drug-likeness (QED) is 0.565. The molecule has 2 aromatic rings. The highest BCUT2D eigenvalue weighted by molar-refractivity contribution is 5.91. The van der Waals surface area contributed by atoms with E-state index >= 15 is 0 Å². The number of carbonyl (C=O) groups excluding carboxylic acids is 2. The third-order valence-corrected chi connectivity index (χ3v) is 2.71. The molecule has 9 nitrogen and oxygen atoms in total. The molecule has 0 fully saturated rings. The van der Waals surface area contributed by atoms with Crippen LogP contribution in [-0.2, 0) is 25.7 Å². The van der Waals surface area contributed by atoms with Crippen molar-refractivity contribution >= 4 is 29.5 Å². The minimum atomic E-state index is -0.732. The summed E-state index contributed by atoms with van der Waals surface area (Å²) in [6.07, 6.45) is 1.95. The first-order valence-electron chi connectivity index (χ1n) is 7.41. The molecular formula is C16H17N5O4. The van der Waals surface area contributed by atoms with Crippen molar-refractivity contribution < 1.29 is 19.1 Å². The van der Waals surface area contributed by atoms with Gasteiger partial charge >= 0.3 is 11.9 Å². The molecule has 1 aromatic heterocycles.